The van der Waals surface area contributed by atoms with Crippen LogP contribution in [-0.2, 0) is 24.8 Å². The van der Waals surface area contributed by atoms with Crippen LogP contribution in [0.25, 0.3) is 0 Å². The van der Waals surface area contributed by atoms with Gasteiger partial charge in [-0.15, -0.1) is 0 Å². The van der Waals surface area contributed by atoms with E-state index in [1.54, 1.807) is 55.5 Å². The topological polar surface area (TPSA) is 113 Å². The molecule has 11 heteroatoms. The summed E-state index contributed by atoms with van der Waals surface area (Å²) in [6.07, 6.45) is 1.03. The average molecular weight is 522 g/mol. The molecule has 0 aromatic heterocycles. The van der Waals surface area contributed by atoms with E-state index in [1.807, 2.05) is 0 Å². The SMILES string of the molecule is Cc1c(Cl)cccc1NS(=O)(=O)c1ccc(NC(=O)[C@H](C)N(c2ccccc2)S(C)(=O)=O)cc1. The Morgan fingerprint density at radius 2 is 1.53 bits per heavy atom. The highest BCUT2D eigenvalue weighted by Crippen LogP contribution is 2.26. The number of para-hydroxylation sites is 1. The molecule has 3 aromatic carbocycles. The van der Waals surface area contributed by atoms with Crippen molar-refractivity contribution >= 4 is 54.6 Å². The van der Waals surface area contributed by atoms with Crippen molar-refractivity contribution in [2.45, 2.75) is 24.8 Å². The fourth-order valence-electron chi connectivity index (χ4n) is 3.27. The van der Waals surface area contributed by atoms with Crippen molar-refractivity contribution < 1.29 is 21.6 Å². The maximum atomic E-state index is 12.8. The number of nitrogens with zero attached hydrogens (tertiary/aromatic N) is 1. The fourth-order valence-corrected chi connectivity index (χ4v) is 5.74. The Balaban J connectivity index is 1.77. The normalized spacial score (nSPS) is 12.6. The Hall–Kier alpha value is -3.08. The monoisotopic (exact) mass is 521 g/mol. The lowest BCUT2D eigenvalue weighted by Gasteiger charge is -2.28. The summed E-state index contributed by atoms with van der Waals surface area (Å²) in [4.78, 5) is 12.8. The van der Waals surface area contributed by atoms with Crippen molar-refractivity contribution in [1.82, 2.24) is 0 Å². The second-order valence-corrected chi connectivity index (χ2v) is 11.6. The van der Waals surface area contributed by atoms with Gasteiger partial charge in [-0.05, 0) is 67.9 Å². The molecule has 0 saturated carbocycles. The summed E-state index contributed by atoms with van der Waals surface area (Å²) in [6.45, 7) is 3.18. The highest BCUT2D eigenvalue weighted by Gasteiger charge is 2.29. The molecular formula is C23H24ClN3O5S2. The van der Waals surface area contributed by atoms with Gasteiger partial charge in [0.25, 0.3) is 10.0 Å². The van der Waals surface area contributed by atoms with Gasteiger partial charge in [-0.3, -0.25) is 13.8 Å². The second kappa shape index (κ2) is 10.0. The Morgan fingerprint density at radius 1 is 0.912 bits per heavy atom. The summed E-state index contributed by atoms with van der Waals surface area (Å²) in [5.74, 6) is -0.572. The number of carbonyl (C=O) groups excluding carboxylic acids is 1. The first kappa shape index (κ1) is 25.5. The minimum atomic E-state index is -3.89. The van der Waals surface area contributed by atoms with E-state index in [0.29, 0.717) is 27.6 Å². The highest BCUT2D eigenvalue weighted by atomic mass is 35.5. The molecule has 3 aromatic rings. The summed E-state index contributed by atoms with van der Waals surface area (Å²) in [6, 6.07) is 17.7. The van der Waals surface area contributed by atoms with Gasteiger partial charge in [0.15, 0.2) is 0 Å². The van der Waals surface area contributed by atoms with Gasteiger partial charge in [-0.1, -0.05) is 35.9 Å². The predicted octanol–water partition coefficient (Wildman–Crippen LogP) is 4.24. The molecule has 1 amide bonds. The summed E-state index contributed by atoms with van der Waals surface area (Å²) < 4.78 is 53.7. The van der Waals surface area contributed by atoms with Crippen LogP contribution in [0.4, 0.5) is 17.1 Å². The van der Waals surface area contributed by atoms with Crippen LogP contribution in [0.3, 0.4) is 0 Å². The number of benzene rings is 3. The Labute approximate surface area is 204 Å². The molecule has 2 N–H and O–H groups in total. The minimum Gasteiger partial charge on any atom is -0.324 e. The molecule has 0 aliphatic carbocycles. The molecule has 34 heavy (non-hydrogen) atoms. The first-order chi connectivity index (χ1) is 15.9. The van der Waals surface area contributed by atoms with Crippen LogP contribution >= 0.6 is 11.6 Å². The number of amides is 1. The maximum absolute atomic E-state index is 12.8. The van der Waals surface area contributed by atoms with Crippen molar-refractivity contribution in [3.63, 3.8) is 0 Å². The number of anilines is 3. The van der Waals surface area contributed by atoms with E-state index in [-0.39, 0.29) is 4.90 Å². The number of hydrogen-bond donors (Lipinski definition) is 2. The number of nitrogens with one attached hydrogen (secondary N) is 2. The Bertz CT molecular complexity index is 1390. The minimum absolute atomic E-state index is 0.0139. The third-order valence-corrected chi connectivity index (χ3v) is 8.08. The van der Waals surface area contributed by atoms with Crippen LogP contribution in [0.2, 0.25) is 5.02 Å². The van der Waals surface area contributed by atoms with Crippen molar-refractivity contribution in [2.75, 3.05) is 20.6 Å². The summed E-state index contributed by atoms with van der Waals surface area (Å²) >= 11 is 6.06. The van der Waals surface area contributed by atoms with Crippen LogP contribution < -0.4 is 14.3 Å². The fraction of sp³-hybridized carbons (Fsp3) is 0.174. The van der Waals surface area contributed by atoms with E-state index in [0.717, 1.165) is 10.6 Å². The third kappa shape index (κ3) is 5.88. The third-order valence-electron chi connectivity index (χ3n) is 5.04. The maximum Gasteiger partial charge on any atom is 0.261 e. The molecule has 3 rings (SSSR count). The zero-order valence-corrected chi connectivity index (χ0v) is 21.1. The first-order valence-corrected chi connectivity index (χ1v) is 13.8. The molecule has 0 spiro atoms. The van der Waals surface area contributed by atoms with Crippen LogP contribution in [-0.4, -0.2) is 35.0 Å². The van der Waals surface area contributed by atoms with E-state index in [2.05, 4.69) is 10.0 Å². The number of carbonyl (C=O) groups is 1. The van der Waals surface area contributed by atoms with Crippen molar-refractivity contribution in [3.8, 4) is 0 Å². The molecule has 0 aliphatic heterocycles. The molecule has 0 bridgehead atoms. The first-order valence-electron chi connectivity index (χ1n) is 10.1. The van der Waals surface area contributed by atoms with Gasteiger partial charge in [0.2, 0.25) is 15.9 Å². The number of halogens is 1. The van der Waals surface area contributed by atoms with E-state index in [4.69, 9.17) is 11.6 Å². The van der Waals surface area contributed by atoms with E-state index < -0.39 is 32.0 Å². The van der Waals surface area contributed by atoms with Gasteiger partial charge in [0.05, 0.1) is 22.5 Å². The predicted molar refractivity (Wildman–Crippen MR) is 135 cm³/mol. The average Bonchev–Trinajstić information content (AvgIpc) is 2.77. The highest BCUT2D eigenvalue weighted by molar-refractivity contribution is 7.92. The zero-order valence-electron chi connectivity index (χ0n) is 18.7. The van der Waals surface area contributed by atoms with E-state index >= 15 is 0 Å². The van der Waals surface area contributed by atoms with E-state index in [1.165, 1.54) is 31.2 Å². The Kier molecular flexibility index (Phi) is 7.54. The molecule has 0 fully saturated rings. The van der Waals surface area contributed by atoms with Gasteiger partial charge >= 0.3 is 0 Å². The van der Waals surface area contributed by atoms with Gasteiger partial charge < -0.3 is 5.32 Å². The lowest BCUT2D eigenvalue weighted by atomic mass is 10.2. The number of hydrogen-bond acceptors (Lipinski definition) is 5. The van der Waals surface area contributed by atoms with Crippen LogP contribution in [0.1, 0.15) is 12.5 Å². The number of rotatable bonds is 8. The molecule has 0 radical (unpaired) electrons. The standard InChI is InChI=1S/C23H24ClN3O5S2/c1-16-21(24)10-7-11-22(16)26-34(31,32)20-14-12-18(13-15-20)25-23(28)17(2)27(33(3,29)30)19-8-5-4-6-9-19/h4-15,17,26H,1-3H3,(H,25,28)/t17-/m0/s1. The van der Waals surface area contributed by atoms with Gasteiger partial charge in [0, 0.05) is 10.7 Å². The van der Waals surface area contributed by atoms with Gasteiger partial charge in [0.1, 0.15) is 6.04 Å². The zero-order chi connectivity index (χ0) is 25.1. The molecular weight excluding hydrogens is 498 g/mol. The quantitative estimate of drug-likeness (QED) is 0.460. The smallest absolute Gasteiger partial charge is 0.261 e. The van der Waals surface area contributed by atoms with Crippen LogP contribution in [0.15, 0.2) is 77.7 Å². The van der Waals surface area contributed by atoms with Crippen LogP contribution in [0.5, 0.6) is 0 Å². The Morgan fingerprint density at radius 3 is 2.12 bits per heavy atom. The molecule has 1 atom stereocenters. The number of sulfonamides is 2. The molecule has 0 heterocycles. The largest absolute Gasteiger partial charge is 0.324 e. The van der Waals surface area contributed by atoms with Crippen molar-refractivity contribution in [3.05, 3.63) is 83.4 Å². The van der Waals surface area contributed by atoms with Gasteiger partial charge in [-0.2, -0.15) is 0 Å². The van der Waals surface area contributed by atoms with E-state index in [9.17, 15) is 21.6 Å². The summed E-state index contributed by atoms with van der Waals surface area (Å²) in [5.41, 5.74) is 1.63. The molecule has 0 aliphatic rings. The van der Waals surface area contributed by atoms with Gasteiger partial charge in [-0.25, -0.2) is 16.8 Å². The summed E-state index contributed by atoms with van der Waals surface area (Å²) in [7, 11) is -7.63. The molecule has 0 saturated heterocycles. The van der Waals surface area contributed by atoms with Crippen molar-refractivity contribution in [2.24, 2.45) is 0 Å². The summed E-state index contributed by atoms with van der Waals surface area (Å²) in [5, 5.41) is 3.07. The van der Waals surface area contributed by atoms with Crippen molar-refractivity contribution in [1.29, 1.82) is 0 Å². The van der Waals surface area contributed by atoms with Crippen LogP contribution in [0, 0.1) is 6.92 Å². The molecule has 8 nitrogen and oxygen atoms in total. The lowest BCUT2D eigenvalue weighted by molar-refractivity contribution is -0.116. The molecule has 180 valence electrons. The second-order valence-electron chi connectivity index (χ2n) is 7.60. The lowest BCUT2D eigenvalue weighted by Crippen LogP contribution is -2.45. The molecule has 0 unspecified atom stereocenters.